The number of hydrogen-bond acceptors (Lipinski definition) is 4. The van der Waals surface area contributed by atoms with E-state index in [2.05, 4.69) is 42.5 Å². The van der Waals surface area contributed by atoms with E-state index in [-0.39, 0.29) is 6.10 Å². The largest absolute Gasteiger partial charge is 0.491 e. The van der Waals surface area contributed by atoms with Crippen molar-refractivity contribution < 1.29 is 4.74 Å². The Hall–Kier alpha value is -1.68. The maximum absolute atomic E-state index is 6.00. The first-order chi connectivity index (χ1) is 9.95. The normalized spacial score (nSPS) is 12.4. The molecule has 2 N–H and O–H groups in total. The Labute approximate surface area is 131 Å². The van der Waals surface area contributed by atoms with Gasteiger partial charge in [0.25, 0.3) is 0 Å². The van der Waals surface area contributed by atoms with Crippen LogP contribution in [-0.2, 0) is 6.42 Å². The molecule has 21 heavy (non-hydrogen) atoms. The standard InChI is InChI=1S/C17H24N2OS/c1-12(2)20-16-10-14(18)9-15(11-16)19(4)13(3)8-17-6-5-7-21-17/h5-7,9-13H,8,18H2,1-4H3. The zero-order valence-corrected chi connectivity index (χ0v) is 14.0. The fourth-order valence-electron chi connectivity index (χ4n) is 2.26. The smallest absolute Gasteiger partial charge is 0.123 e. The predicted octanol–water partition coefficient (Wildman–Crippen LogP) is 4.18. The van der Waals surface area contributed by atoms with Crippen LogP contribution in [0.1, 0.15) is 25.6 Å². The van der Waals surface area contributed by atoms with Crippen molar-refractivity contribution >= 4 is 22.7 Å². The fraction of sp³-hybridized carbons (Fsp3) is 0.412. The van der Waals surface area contributed by atoms with Gasteiger partial charge in [-0.15, -0.1) is 11.3 Å². The van der Waals surface area contributed by atoms with Gasteiger partial charge in [0.1, 0.15) is 5.75 Å². The van der Waals surface area contributed by atoms with Gasteiger partial charge in [0.2, 0.25) is 0 Å². The van der Waals surface area contributed by atoms with Gasteiger partial charge in [-0.1, -0.05) is 6.07 Å². The first-order valence-electron chi connectivity index (χ1n) is 7.28. The lowest BCUT2D eigenvalue weighted by atomic mass is 10.1. The van der Waals surface area contributed by atoms with Gasteiger partial charge in [0, 0.05) is 47.9 Å². The van der Waals surface area contributed by atoms with Gasteiger partial charge in [0.15, 0.2) is 0 Å². The van der Waals surface area contributed by atoms with Crippen molar-refractivity contribution in [2.75, 3.05) is 17.7 Å². The minimum atomic E-state index is 0.147. The number of benzene rings is 1. The SMILES string of the molecule is CC(C)Oc1cc(N)cc(N(C)C(C)Cc2cccs2)c1. The molecular formula is C17H24N2OS. The van der Waals surface area contributed by atoms with Crippen molar-refractivity contribution in [3.8, 4) is 5.75 Å². The molecule has 2 rings (SSSR count). The van der Waals surface area contributed by atoms with E-state index in [1.54, 1.807) is 11.3 Å². The van der Waals surface area contributed by atoms with Gasteiger partial charge in [-0.05, 0) is 38.3 Å². The summed E-state index contributed by atoms with van der Waals surface area (Å²) in [6, 6.07) is 10.6. The van der Waals surface area contributed by atoms with E-state index in [0.29, 0.717) is 6.04 Å². The number of likely N-dealkylation sites (N-methyl/N-ethyl adjacent to an activating group) is 1. The average Bonchev–Trinajstić information content (AvgIpc) is 2.89. The fourth-order valence-corrected chi connectivity index (χ4v) is 3.09. The van der Waals surface area contributed by atoms with E-state index >= 15 is 0 Å². The second-order valence-electron chi connectivity index (χ2n) is 5.67. The highest BCUT2D eigenvalue weighted by atomic mass is 32.1. The van der Waals surface area contributed by atoms with E-state index in [1.165, 1.54) is 4.88 Å². The van der Waals surface area contributed by atoms with Gasteiger partial charge >= 0.3 is 0 Å². The lowest BCUT2D eigenvalue weighted by Gasteiger charge is -2.27. The van der Waals surface area contributed by atoms with Crippen molar-refractivity contribution in [1.29, 1.82) is 0 Å². The molecule has 1 aromatic heterocycles. The summed E-state index contributed by atoms with van der Waals surface area (Å²) in [6.07, 6.45) is 1.18. The molecular weight excluding hydrogens is 280 g/mol. The highest BCUT2D eigenvalue weighted by molar-refractivity contribution is 7.09. The predicted molar refractivity (Wildman–Crippen MR) is 92.5 cm³/mol. The van der Waals surface area contributed by atoms with E-state index in [0.717, 1.165) is 23.5 Å². The molecule has 1 atom stereocenters. The zero-order valence-electron chi connectivity index (χ0n) is 13.2. The number of rotatable bonds is 6. The summed E-state index contributed by atoms with van der Waals surface area (Å²) in [7, 11) is 2.10. The third-order valence-electron chi connectivity index (χ3n) is 3.43. The number of ether oxygens (including phenoxy) is 1. The summed E-state index contributed by atoms with van der Waals surface area (Å²) in [5.74, 6) is 0.829. The number of anilines is 2. The Balaban J connectivity index is 2.13. The van der Waals surface area contributed by atoms with Crippen molar-refractivity contribution in [1.82, 2.24) is 0 Å². The first-order valence-corrected chi connectivity index (χ1v) is 8.16. The lowest BCUT2D eigenvalue weighted by molar-refractivity contribution is 0.242. The second kappa shape index (κ2) is 6.85. The summed E-state index contributed by atoms with van der Waals surface area (Å²) in [4.78, 5) is 3.65. The van der Waals surface area contributed by atoms with Crippen molar-refractivity contribution in [2.45, 2.75) is 39.3 Å². The van der Waals surface area contributed by atoms with Crippen LogP contribution >= 0.6 is 11.3 Å². The van der Waals surface area contributed by atoms with Gasteiger partial charge in [-0.2, -0.15) is 0 Å². The van der Waals surface area contributed by atoms with Crippen LogP contribution in [-0.4, -0.2) is 19.2 Å². The second-order valence-corrected chi connectivity index (χ2v) is 6.70. The Kier molecular flexibility index (Phi) is 5.12. The number of nitrogen functional groups attached to an aromatic ring is 1. The Morgan fingerprint density at radius 1 is 1.24 bits per heavy atom. The highest BCUT2D eigenvalue weighted by Gasteiger charge is 2.13. The number of thiophene rings is 1. The molecule has 1 aromatic carbocycles. The lowest BCUT2D eigenvalue weighted by Crippen LogP contribution is -2.30. The van der Waals surface area contributed by atoms with Crippen molar-refractivity contribution in [2.24, 2.45) is 0 Å². The minimum Gasteiger partial charge on any atom is -0.491 e. The molecule has 114 valence electrons. The minimum absolute atomic E-state index is 0.147. The van der Waals surface area contributed by atoms with Gasteiger partial charge < -0.3 is 15.4 Å². The summed E-state index contributed by atoms with van der Waals surface area (Å²) < 4.78 is 5.77. The van der Waals surface area contributed by atoms with Crippen LogP contribution in [0.3, 0.4) is 0 Å². The zero-order chi connectivity index (χ0) is 15.4. The Morgan fingerprint density at radius 3 is 2.62 bits per heavy atom. The molecule has 2 aromatic rings. The Bertz CT molecular complexity index is 566. The van der Waals surface area contributed by atoms with Crippen LogP contribution in [0, 0.1) is 0 Å². The van der Waals surface area contributed by atoms with E-state index < -0.39 is 0 Å². The van der Waals surface area contributed by atoms with Gasteiger partial charge in [-0.25, -0.2) is 0 Å². The summed E-state index contributed by atoms with van der Waals surface area (Å²) in [5.41, 5.74) is 7.83. The van der Waals surface area contributed by atoms with Crippen LogP contribution in [0.15, 0.2) is 35.7 Å². The van der Waals surface area contributed by atoms with Crippen LogP contribution < -0.4 is 15.4 Å². The highest BCUT2D eigenvalue weighted by Crippen LogP contribution is 2.27. The average molecular weight is 304 g/mol. The van der Waals surface area contributed by atoms with Crippen LogP contribution in [0.25, 0.3) is 0 Å². The molecule has 0 amide bonds. The molecule has 3 nitrogen and oxygen atoms in total. The molecule has 0 radical (unpaired) electrons. The first kappa shape index (κ1) is 15.7. The molecule has 1 unspecified atom stereocenters. The molecule has 0 saturated heterocycles. The quantitative estimate of drug-likeness (QED) is 0.813. The number of hydrogen-bond donors (Lipinski definition) is 1. The van der Waals surface area contributed by atoms with Crippen molar-refractivity contribution in [3.63, 3.8) is 0 Å². The Morgan fingerprint density at radius 2 is 2.00 bits per heavy atom. The molecule has 0 aliphatic heterocycles. The molecule has 0 spiro atoms. The molecule has 0 aliphatic carbocycles. The molecule has 1 heterocycles. The van der Waals surface area contributed by atoms with Crippen LogP contribution in [0.5, 0.6) is 5.75 Å². The monoisotopic (exact) mass is 304 g/mol. The van der Waals surface area contributed by atoms with Crippen LogP contribution in [0.4, 0.5) is 11.4 Å². The van der Waals surface area contributed by atoms with Gasteiger partial charge in [-0.3, -0.25) is 0 Å². The summed E-state index contributed by atoms with van der Waals surface area (Å²) in [6.45, 7) is 6.27. The maximum Gasteiger partial charge on any atom is 0.123 e. The van der Waals surface area contributed by atoms with Crippen molar-refractivity contribution in [3.05, 3.63) is 40.6 Å². The molecule has 0 aliphatic rings. The number of nitrogens with zero attached hydrogens (tertiary/aromatic N) is 1. The maximum atomic E-state index is 6.00. The van der Waals surface area contributed by atoms with Gasteiger partial charge in [0.05, 0.1) is 6.10 Å². The molecule has 0 fully saturated rings. The molecule has 4 heteroatoms. The van der Waals surface area contributed by atoms with Crippen LogP contribution in [0.2, 0.25) is 0 Å². The summed E-state index contributed by atoms with van der Waals surface area (Å²) in [5, 5.41) is 2.12. The molecule has 0 saturated carbocycles. The molecule has 0 bridgehead atoms. The summed E-state index contributed by atoms with van der Waals surface area (Å²) >= 11 is 1.80. The third kappa shape index (κ3) is 4.39. The third-order valence-corrected chi connectivity index (χ3v) is 4.33. The van der Waals surface area contributed by atoms with E-state index in [4.69, 9.17) is 10.5 Å². The van der Waals surface area contributed by atoms with E-state index in [1.807, 2.05) is 26.0 Å². The number of nitrogens with two attached hydrogens (primary N) is 1. The van der Waals surface area contributed by atoms with E-state index in [9.17, 15) is 0 Å². The topological polar surface area (TPSA) is 38.5 Å².